The summed E-state index contributed by atoms with van der Waals surface area (Å²) in [5, 5.41) is 8.94. The third kappa shape index (κ3) is 3.41. The standard InChI is InChI=1S/C11H17FN2O3S/c1-7(6-15)8(2)14-18(16,17)11-4-3-9(13)5-10(11)12/h3-5,7-8,14-15H,6,13H2,1-2H3. The fraction of sp³-hybridized carbons (Fsp3) is 0.455. The monoisotopic (exact) mass is 276 g/mol. The highest BCUT2D eigenvalue weighted by Crippen LogP contribution is 2.18. The number of aliphatic hydroxyl groups is 1. The van der Waals surface area contributed by atoms with Crippen LogP contribution in [0.2, 0.25) is 0 Å². The van der Waals surface area contributed by atoms with E-state index >= 15 is 0 Å². The molecule has 1 aromatic rings. The van der Waals surface area contributed by atoms with Crippen LogP contribution in [0.25, 0.3) is 0 Å². The molecule has 1 rings (SSSR count). The molecule has 0 bridgehead atoms. The average Bonchev–Trinajstić information content (AvgIpc) is 2.26. The Morgan fingerprint density at radius 1 is 1.44 bits per heavy atom. The minimum absolute atomic E-state index is 0.156. The zero-order valence-electron chi connectivity index (χ0n) is 10.2. The maximum absolute atomic E-state index is 13.5. The molecule has 102 valence electrons. The van der Waals surface area contributed by atoms with Gasteiger partial charge in [-0.15, -0.1) is 0 Å². The molecule has 4 N–H and O–H groups in total. The fourth-order valence-electron chi connectivity index (χ4n) is 1.32. The third-order valence-corrected chi connectivity index (χ3v) is 4.32. The molecule has 0 aromatic heterocycles. The molecular formula is C11H17FN2O3S. The number of nitrogens with two attached hydrogens (primary N) is 1. The van der Waals surface area contributed by atoms with Crippen LogP contribution >= 0.6 is 0 Å². The van der Waals surface area contributed by atoms with E-state index in [0.29, 0.717) is 0 Å². The Morgan fingerprint density at radius 2 is 2.06 bits per heavy atom. The normalized spacial score (nSPS) is 15.3. The Hall–Kier alpha value is -1.18. The Balaban J connectivity index is 3.00. The Labute approximate surface area is 106 Å². The molecule has 0 saturated carbocycles. The average molecular weight is 276 g/mol. The first kappa shape index (κ1) is 14.9. The topological polar surface area (TPSA) is 92.4 Å². The van der Waals surface area contributed by atoms with Gasteiger partial charge in [-0.2, -0.15) is 0 Å². The van der Waals surface area contributed by atoms with Gasteiger partial charge in [0.1, 0.15) is 10.7 Å². The summed E-state index contributed by atoms with van der Waals surface area (Å²) in [5.41, 5.74) is 5.51. The van der Waals surface area contributed by atoms with Crippen molar-refractivity contribution in [2.75, 3.05) is 12.3 Å². The molecule has 0 aliphatic rings. The van der Waals surface area contributed by atoms with Gasteiger partial charge in [0.05, 0.1) is 0 Å². The van der Waals surface area contributed by atoms with E-state index in [-0.39, 0.29) is 18.2 Å². The molecule has 0 fully saturated rings. The first-order chi connectivity index (χ1) is 8.27. The second kappa shape index (κ2) is 5.64. The number of hydrogen-bond acceptors (Lipinski definition) is 4. The molecule has 1 aromatic carbocycles. The minimum Gasteiger partial charge on any atom is -0.399 e. The number of anilines is 1. The smallest absolute Gasteiger partial charge is 0.243 e. The molecule has 7 heteroatoms. The van der Waals surface area contributed by atoms with E-state index in [1.165, 1.54) is 6.07 Å². The highest BCUT2D eigenvalue weighted by atomic mass is 32.2. The van der Waals surface area contributed by atoms with Crippen LogP contribution in [0.3, 0.4) is 0 Å². The van der Waals surface area contributed by atoms with Crippen molar-refractivity contribution >= 4 is 15.7 Å². The van der Waals surface area contributed by atoms with Crippen molar-refractivity contribution in [3.63, 3.8) is 0 Å². The summed E-state index contributed by atoms with van der Waals surface area (Å²) >= 11 is 0. The van der Waals surface area contributed by atoms with Gasteiger partial charge in [0.15, 0.2) is 0 Å². The predicted molar refractivity (Wildman–Crippen MR) is 66.8 cm³/mol. The number of nitrogens with one attached hydrogen (secondary N) is 1. The molecular weight excluding hydrogens is 259 g/mol. The van der Waals surface area contributed by atoms with Crippen molar-refractivity contribution < 1.29 is 17.9 Å². The summed E-state index contributed by atoms with van der Waals surface area (Å²) in [5.74, 6) is -1.16. The predicted octanol–water partition coefficient (Wildman–Crippen LogP) is 0.703. The van der Waals surface area contributed by atoms with Crippen molar-refractivity contribution in [1.29, 1.82) is 0 Å². The number of nitrogen functional groups attached to an aromatic ring is 1. The van der Waals surface area contributed by atoms with Crippen molar-refractivity contribution in [2.45, 2.75) is 24.8 Å². The summed E-state index contributed by atoms with van der Waals surface area (Å²) in [4.78, 5) is -0.450. The fourth-order valence-corrected chi connectivity index (χ4v) is 2.73. The van der Waals surface area contributed by atoms with E-state index in [0.717, 1.165) is 12.1 Å². The number of hydrogen-bond donors (Lipinski definition) is 3. The van der Waals surface area contributed by atoms with Crippen LogP contribution in [0, 0.1) is 11.7 Å². The molecule has 18 heavy (non-hydrogen) atoms. The summed E-state index contributed by atoms with van der Waals surface area (Å²) in [6.45, 7) is 3.13. The van der Waals surface area contributed by atoms with Crippen LogP contribution in [0.4, 0.5) is 10.1 Å². The minimum atomic E-state index is -3.95. The molecule has 2 unspecified atom stereocenters. The molecule has 0 amide bonds. The van der Waals surface area contributed by atoms with Crippen LogP contribution in [-0.2, 0) is 10.0 Å². The van der Waals surface area contributed by atoms with Crippen LogP contribution < -0.4 is 10.5 Å². The van der Waals surface area contributed by atoms with Crippen LogP contribution in [0.5, 0.6) is 0 Å². The second-order valence-electron chi connectivity index (χ2n) is 4.26. The molecule has 0 aliphatic carbocycles. The molecule has 0 heterocycles. The molecule has 0 saturated heterocycles. The highest BCUT2D eigenvalue weighted by Gasteiger charge is 2.23. The summed E-state index contributed by atoms with van der Waals surface area (Å²) < 4.78 is 39.7. The number of halogens is 1. The zero-order chi connectivity index (χ0) is 13.9. The van der Waals surface area contributed by atoms with Crippen LogP contribution in [-0.4, -0.2) is 26.2 Å². The number of rotatable bonds is 5. The van der Waals surface area contributed by atoms with Gasteiger partial charge >= 0.3 is 0 Å². The lowest BCUT2D eigenvalue weighted by atomic mass is 10.1. The van der Waals surface area contributed by atoms with E-state index in [4.69, 9.17) is 10.8 Å². The first-order valence-electron chi connectivity index (χ1n) is 5.46. The molecule has 5 nitrogen and oxygen atoms in total. The Kier molecular flexibility index (Phi) is 4.66. The maximum Gasteiger partial charge on any atom is 0.243 e. The largest absolute Gasteiger partial charge is 0.399 e. The van der Waals surface area contributed by atoms with Crippen molar-refractivity contribution in [3.8, 4) is 0 Å². The SMILES string of the molecule is CC(CO)C(C)NS(=O)(=O)c1ccc(N)cc1F. The van der Waals surface area contributed by atoms with Gasteiger partial charge in [0.25, 0.3) is 0 Å². The van der Waals surface area contributed by atoms with E-state index < -0.39 is 26.8 Å². The molecule has 0 radical (unpaired) electrons. The lowest BCUT2D eigenvalue weighted by Crippen LogP contribution is -2.38. The molecule has 0 spiro atoms. The van der Waals surface area contributed by atoms with Gasteiger partial charge in [-0.3, -0.25) is 0 Å². The third-order valence-electron chi connectivity index (χ3n) is 2.73. The maximum atomic E-state index is 13.5. The van der Waals surface area contributed by atoms with E-state index in [9.17, 15) is 12.8 Å². The summed E-state index contributed by atoms with van der Waals surface area (Å²) in [6, 6.07) is 2.88. The molecule has 2 atom stereocenters. The van der Waals surface area contributed by atoms with E-state index in [1.807, 2.05) is 0 Å². The van der Waals surface area contributed by atoms with Gasteiger partial charge in [0, 0.05) is 18.3 Å². The van der Waals surface area contributed by atoms with Gasteiger partial charge in [-0.25, -0.2) is 17.5 Å². The Bertz CT molecular complexity index is 519. The van der Waals surface area contributed by atoms with Crippen LogP contribution in [0.15, 0.2) is 23.1 Å². The van der Waals surface area contributed by atoms with Crippen molar-refractivity contribution in [3.05, 3.63) is 24.0 Å². The number of sulfonamides is 1. The van der Waals surface area contributed by atoms with E-state index in [2.05, 4.69) is 4.72 Å². The number of benzene rings is 1. The lowest BCUT2D eigenvalue weighted by molar-refractivity contribution is 0.216. The molecule has 0 aliphatic heterocycles. The Morgan fingerprint density at radius 3 is 2.56 bits per heavy atom. The lowest BCUT2D eigenvalue weighted by Gasteiger charge is -2.19. The quantitative estimate of drug-likeness (QED) is 0.690. The van der Waals surface area contributed by atoms with Gasteiger partial charge in [-0.1, -0.05) is 6.92 Å². The van der Waals surface area contributed by atoms with Crippen molar-refractivity contribution in [2.24, 2.45) is 5.92 Å². The van der Waals surface area contributed by atoms with Gasteiger partial charge < -0.3 is 10.8 Å². The van der Waals surface area contributed by atoms with Crippen LogP contribution in [0.1, 0.15) is 13.8 Å². The number of aliphatic hydroxyl groups excluding tert-OH is 1. The van der Waals surface area contributed by atoms with E-state index in [1.54, 1.807) is 13.8 Å². The van der Waals surface area contributed by atoms with Gasteiger partial charge in [-0.05, 0) is 31.0 Å². The van der Waals surface area contributed by atoms with Gasteiger partial charge in [0.2, 0.25) is 10.0 Å². The zero-order valence-corrected chi connectivity index (χ0v) is 11.0. The summed E-state index contributed by atoms with van der Waals surface area (Å²) in [6.07, 6.45) is 0. The second-order valence-corrected chi connectivity index (χ2v) is 5.94. The highest BCUT2D eigenvalue weighted by molar-refractivity contribution is 7.89. The summed E-state index contributed by atoms with van der Waals surface area (Å²) in [7, 11) is -3.95. The first-order valence-corrected chi connectivity index (χ1v) is 6.94. The van der Waals surface area contributed by atoms with Crippen molar-refractivity contribution in [1.82, 2.24) is 4.72 Å².